The van der Waals surface area contributed by atoms with Crippen molar-refractivity contribution in [1.82, 2.24) is 0 Å². The van der Waals surface area contributed by atoms with Crippen LogP contribution in [-0.2, 0) is 0 Å². The number of benzene rings is 8. The number of furan rings is 2. The van der Waals surface area contributed by atoms with Crippen LogP contribution in [-0.4, -0.2) is 0 Å². The van der Waals surface area contributed by atoms with Gasteiger partial charge in [-0.05, 0) is 97.5 Å². The number of thiophene rings is 2. The van der Waals surface area contributed by atoms with Gasteiger partial charge in [0.1, 0.15) is 22.3 Å². The SMILES string of the molecule is c1ccc2c(c1)oc1c2ccc2oc3ccc(-c4c5ccccc5c(-c5c6sccc6cc6sc7ccccc7c56)c5ccccc45)cc3c21. The average molecular weight is 673 g/mol. The van der Waals surface area contributed by atoms with E-state index in [1.165, 1.54) is 68.5 Å². The molecule has 4 heteroatoms. The molecule has 0 N–H and O–H groups in total. The van der Waals surface area contributed by atoms with Crippen molar-refractivity contribution in [3.05, 3.63) is 145 Å². The highest BCUT2D eigenvalue weighted by Crippen LogP contribution is 2.52. The summed E-state index contributed by atoms with van der Waals surface area (Å²) in [5.41, 5.74) is 8.50. The smallest absolute Gasteiger partial charge is 0.147 e. The molecule has 12 rings (SSSR count). The topological polar surface area (TPSA) is 26.3 Å². The molecule has 0 radical (unpaired) electrons. The molecular weight excluding hydrogens is 649 g/mol. The van der Waals surface area contributed by atoms with Crippen LogP contribution < -0.4 is 0 Å². The van der Waals surface area contributed by atoms with E-state index in [1.54, 1.807) is 0 Å². The predicted octanol–water partition coefficient (Wildman–Crippen LogP) is 14.7. The lowest BCUT2D eigenvalue weighted by molar-refractivity contribution is 0.663. The van der Waals surface area contributed by atoms with Gasteiger partial charge < -0.3 is 8.83 Å². The molecule has 0 bridgehead atoms. The lowest BCUT2D eigenvalue weighted by Gasteiger charge is -2.19. The monoisotopic (exact) mass is 672 g/mol. The van der Waals surface area contributed by atoms with E-state index >= 15 is 0 Å². The summed E-state index contributed by atoms with van der Waals surface area (Å²) in [4.78, 5) is 0. The Morgan fingerprint density at radius 2 is 1.06 bits per heavy atom. The van der Waals surface area contributed by atoms with Crippen LogP contribution in [0.5, 0.6) is 0 Å². The molecule has 232 valence electrons. The van der Waals surface area contributed by atoms with Crippen molar-refractivity contribution in [2.24, 2.45) is 0 Å². The summed E-state index contributed by atoms with van der Waals surface area (Å²) in [6, 6.07) is 50.6. The summed E-state index contributed by atoms with van der Waals surface area (Å²) < 4.78 is 17.0. The van der Waals surface area contributed by atoms with Crippen LogP contribution in [0, 0.1) is 0 Å². The lowest BCUT2D eigenvalue weighted by atomic mass is 9.84. The van der Waals surface area contributed by atoms with Crippen LogP contribution in [0.3, 0.4) is 0 Å². The Morgan fingerprint density at radius 1 is 0.400 bits per heavy atom. The zero-order valence-corrected chi connectivity index (χ0v) is 28.1. The van der Waals surface area contributed by atoms with Crippen LogP contribution in [0.1, 0.15) is 0 Å². The normalized spacial score (nSPS) is 12.4. The standard InChI is InChI=1S/C46H24O2S2/c1-3-12-30-28(10-1)40(25-17-19-36-34(23-25)42-37(47-36)20-18-32-27-9-5-7-15-35(27)48-45(32)42)29-11-2-4-13-31(29)41(30)44-43-33-14-6-8-16-38(33)50-39(43)24-26-21-22-49-46(26)44/h1-24H. The van der Waals surface area contributed by atoms with Gasteiger partial charge in [0.15, 0.2) is 0 Å². The molecule has 4 heterocycles. The molecule has 50 heavy (non-hydrogen) atoms. The maximum absolute atomic E-state index is 6.51. The lowest BCUT2D eigenvalue weighted by Crippen LogP contribution is -1.91. The molecule has 4 aromatic heterocycles. The second-order valence-electron chi connectivity index (χ2n) is 13.1. The van der Waals surface area contributed by atoms with Crippen LogP contribution in [0.2, 0.25) is 0 Å². The highest BCUT2D eigenvalue weighted by Gasteiger charge is 2.23. The fourth-order valence-corrected chi connectivity index (χ4v) is 10.6. The van der Waals surface area contributed by atoms with E-state index in [1.807, 2.05) is 34.8 Å². The first-order valence-corrected chi connectivity index (χ1v) is 18.5. The molecular formula is C46H24O2S2. The Balaban J connectivity index is 1.22. The summed E-state index contributed by atoms with van der Waals surface area (Å²) in [5, 5.41) is 15.5. The Morgan fingerprint density at radius 3 is 1.86 bits per heavy atom. The molecule has 8 aromatic carbocycles. The fourth-order valence-electron chi connectivity index (χ4n) is 8.46. The van der Waals surface area contributed by atoms with Crippen LogP contribution in [0.15, 0.2) is 154 Å². The van der Waals surface area contributed by atoms with Crippen LogP contribution in [0.25, 0.3) is 118 Å². The van der Waals surface area contributed by atoms with Gasteiger partial charge in [0.05, 0.1) is 5.39 Å². The molecule has 0 aliphatic carbocycles. The third-order valence-electron chi connectivity index (χ3n) is 10.5. The van der Waals surface area contributed by atoms with Crippen LogP contribution >= 0.6 is 22.7 Å². The molecule has 0 amide bonds. The van der Waals surface area contributed by atoms with E-state index < -0.39 is 0 Å². The Kier molecular flexibility index (Phi) is 5.29. The van der Waals surface area contributed by atoms with Crippen molar-refractivity contribution in [1.29, 1.82) is 0 Å². The van der Waals surface area contributed by atoms with Crippen molar-refractivity contribution < 1.29 is 8.83 Å². The van der Waals surface area contributed by atoms with E-state index in [0.717, 1.165) is 49.4 Å². The molecule has 0 saturated carbocycles. The molecule has 12 aromatic rings. The summed E-state index contributed by atoms with van der Waals surface area (Å²) in [5.74, 6) is 0. The largest absolute Gasteiger partial charge is 0.456 e. The minimum Gasteiger partial charge on any atom is -0.456 e. The van der Waals surface area contributed by atoms with Crippen molar-refractivity contribution >= 4 is 118 Å². The molecule has 0 spiro atoms. The third-order valence-corrected chi connectivity index (χ3v) is 12.6. The average Bonchev–Trinajstić information content (AvgIpc) is 3.95. The van der Waals surface area contributed by atoms with Crippen molar-refractivity contribution in [3.8, 4) is 22.3 Å². The molecule has 0 atom stereocenters. The zero-order valence-electron chi connectivity index (χ0n) is 26.5. The summed E-state index contributed by atoms with van der Waals surface area (Å²) in [6.45, 7) is 0. The fraction of sp³-hybridized carbons (Fsp3) is 0. The van der Waals surface area contributed by atoms with Crippen molar-refractivity contribution in [2.45, 2.75) is 0 Å². The van der Waals surface area contributed by atoms with Gasteiger partial charge in [0, 0.05) is 46.6 Å². The second kappa shape index (κ2) is 9.82. The molecule has 0 aliphatic rings. The van der Waals surface area contributed by atoms with Gasteiger partial charge in [0.25, 0.3) is 0 Å². The first-order valence-electron chi connectivity index (χ1n) is 16.8. The van der Waals surface area contributed by atoms with Crippen LogP contribution in [0.4, 0.5) is 0 Å². The number of hydrogen-bond donors (Lipinski definition) is 0. The van der Waals surface area contributed by atoms with Gasteiger partial charge in [0.2, 0.25) is 0 Å². The number of fused-ring (bicyclic) bond motifs is 13. The highest BCUT2D eigenvalue weighted by molar-refractivity contribution is 7.26. The van der Waals surface area contributed by atoms with Gasteiger partial charge in [-0.15, -0.1) is 22.7 Å². The quantitative estimate of drug-likeness (QED) is 0.171. The predicted molar refractivity (Wildman–Crippen MR) is 215 cm³/mol. The molecule has 2 nitrogen and oxygen atoms in total. The van der Waals surface area contributed by atoms with E-state index in [-0.39, 0.29) is 0 Å². The zero-order chi connectivity index (χ0) is 32.5. The molecule has 0 unspecified atom stereocenters. The second-order valence-corrected chi connectivity index (χ2v) is 15.1. The summed E-state index contributed by atoms with van der Waals surface area (Å²) >= 11 is 3.74. The molecule has 0 fully saturated rings. The first kappa shape index (κ1) is 26.9. The highest BCUT2D eigenvalue weighted by atomic mass is 32.1. The molecule has 0 saturated heterocycles. The number of para-hydroxylation sites is 1. The van der Waals surface area contributed by atoms with E-state index in [2.05, 4.69) is 133 Å². The molecule has 0 aliphatic heterocycles. The van der Waals surface area contributed by atoms with Gasteiger partial charge >= 0.3 is 0 Å². The van der Waals surface area contributed by atoms with Gasteiger partial charge in [-0.1, -0.05) is 91.0 Å². The summed E-state index contributed by atoms with van der Waals surface area (Å²) in [6.07, 6.45) is 0. The maximum Gasteiger partial charge on any atom is 0.147 e. The number of rotatable bonds is 2. The first-order chi connectivity index (χ1) is 24.8. The van der Waals surface area contributed by atoms with Gasteiger partial charge in [-0.3, -0.25) is 0 Å². The Bertz CT molecular complexity index is 3330. The Hall–Kier alpha value is -5.94. The maximum atomic E-state index is 6.51. The van der Waals surface area contributed by atoms with E-state index in [0.29, 0.717) is 0 Å². The van der Waals surface area contributed by atoms with Gasteiger partial charge in [-0.2, -0.15) is 0 Å². The minimum absolute atomic E-state index is 0.838. The van der Waals surface area contributed by atoms with Crippen molar-refractivity contribution in [2.75, 3.05) is 0 Å². The minimum atomic E-state index is 0.838. The van der Waals surface area contributed by atoms with E-state index in [9.17, 15) is 0 Å². The Labute approximate surface area is 293 Å². The van der Waals surface area contributed by atoms with E-state index in [4.69, 9.17) is 8.83 Å². The third kappa shape index (κ3) is 3.51. The summed E-state index contributed by atoms with van der Waals surface area (Å²) in [7, 11) is 0. The number of hydrogen-bond acceptors (Lipinski definition) is 4. The van der Waals surface area contributed by atoms with Gasteiger partial charge in [-0.25, -0.2) is 0 Å². The van der Waals surface area contributed by atoms with Crippen molar-refractivity contribution in [3.63, 3.8) is 0 Å².